The second-order valence-electron chi connectivity index (χ2n) is 0.969. The van der Waals surface area contributed by atoms with Crippen molar-refractivity contribution >= 4 is 8.69 Å². The Labute approximate surface area is 38.1 Å². The fourth-order valence-electron chi connectivity index (χ4n) is 0.0667. The summed E-state index contributed by atoms with van der Waals surface area (Å²) in [5.74, 6) is 0. The molecule has 3 nitrogen and oxygen atoms in total. The quantitative estimate of drug-likeness (QED) is 0.384. The minimum atomic E-state index is -0.300. The van der Waals surface area contributed by atoms with Crippen LogP contribution in [0.5, 0.6) is 0 Å². The van der Waals surface area contributed by atoms with E-state index in [-0.39, 0.29) is 8.69 Å². The molecule has 0 bridgehead atoms. The third-order valence-corrected chi connectivity index (χ3v) is 0.590. The van der Waals surface area contributed by atoms with E-state index >= 15 is 0 Å². The molecule has 0 unspecified atom stereocenters. The van der Waals surface area contributed by atoms with Crippen LogP contribution in [0.4, 0.5) is 0 Å². The summed E-state index contributed by atoms with van der Waals surface area (Å²) < 4.78 is 13.7. The van der Waals surface area contributed by atoms with Crippen LogP contribution in [0.25, 0.3) is 0 Å². The van der Waals surface area contributed by atoms with Gasteiger partial charge >= 0.3 is 8.69 Å². The first-order chi connectivity index (χ1) is 2.77. The minimum absolute atomic E-state index is 0.300. The first-order valence-electron chi connectivity index (χ1n) is 1.44. The Balaban J connectivity index is 2.81. The largest absolute Gasteiger partial charge is 0.346 e. The van der Waals surface area contributed by atoms with Gasteiger partial charge in [0.2, 0.25) is 0 Å². The standard InChI is InChI=1S/C2H6NO2P/c1-3(2)5-6-4/h1-2H3. The molecule has 0 aliphatic carbocycles. The summed E-state index contributed by atoms with van der Waals surface area (Å²) in [7, 11) is 3.02. The highest BCUT2D eigenvalue weighted by molar-refractivity contribution is 7.17. The predicted octanol–water partition coefficient (Wildman–Crippen LogP) is 0.686. The van der Waals surface area contributed by atoms with Gasteiger partial charge in [-0.25, -0.2) is 9.19 Å². The number of nitrogens with zero attached hydrogens (tertiary/aromatic N) is 1. The molecule has 0 saturated carbocycles. The first-order valence-corrected chi connectivity index (χ1v) is 2.17. The smallest absolute Gasteiger partial charge is 0.239 e. The fraction of sp³-hybridized carbons (Fsp3) is 1.00. The van der Waals surface area contributed by atoms with Gasteiger partial charge in [0.15, 0.2) is 0 Å². The van der Waals surface area contributed by atoms with Crippen molar-refractivity contribution in [3.63, 3.8) is 0 Å². The zero-order chi connectivity index (χ0) is 4.99. The molecule has 0 aromatic carbocycles. The molecule has 4 heteroatoms. The lowest BCUT2D eigenvalue weighted by molar-refractivity contribution is 0.0127. The van der Waals surface area contributed by atoms with Gasteiger partial charge in [-0.3, -0.25) is 0 Å². The second-order valence-corrected chi connectivity index (χ2v) is 1.28. The normalized spacial score (nSPS) is 10.5. The van der Waals surface area contributed by atoms with E-state index in [1.54, 1.807) is 14.1 Å². The van der Waals surface area contributed by atoms with Crippen molar-refractivity contribution in [3.05, 3.63) is 0 Å². The second kappa shape index (κ2) is 3.22. The van der Waals surface area contributed by atoms with Crippen LogP contribution in [0.1, 0.15) is 0 Å². The van der Waals surface area contributed by atoms with E-state index in [0.29, 0.717) is 0 Å². The highest BCUT2D eigenvalue weighted by atomic mass is 31.1. The van der Waals surface area contributed by atoms with E-state index in [9.17, 15) is 4.57 Å². The van der Waals surface area contributed by atoms with Crippen LogP contribution in [0.15, 0.2) is 0 Å². The molecule has 0 aromatic heterocycles. The summed E-state index contributed by atoms with van der Waals surface area (Å²) in [6, 6.07) is 0. The topological polar surface area (TPSA) is 29.5 Å². The molecular formula is C2H6NO2P. The van der Waals surface area contributed by atoms with Crippen molar-refractivity contribution in [2.24, 2.45) is 0 Å². The molecule has 0 radical (unpaired) electrons. The Morgan fingerprint density at radius 3 is 2.17 bits per heavy atom. The molecule has 0 fully saturated rings. The van der Waals surface area contributed by atoms with Gasteiger partial charge in [-0.15, -0.1) is 0 Å². The Hall–Kier alpha value is 0.0200. The third kappa shape index (κ3) is 4.02. The van der Waals surface area contributed by atoms with Crippen molar-refractivity contribution in [3.8, 4) is 0 Å². The summed E-state index contributed by atoms with van der Waals surface area (Å²) in [5.41, 5.74) is 0. The zero-order valence-electron chi connectivity index (χ0n) is 3.71. The molecule has 0 N–H and O–H groups in total. The molecular weight excluding hydrogens is 101 g/mol. The average Bonchev–Trinajstić information content (AvgIpc) is 1.35. The molecule has 0 spiro atoms. The highest BCUT2D eigenvalue weighted by Gasteiger charge is 1.80. The maximum absolute atomic E-state index is 9.45. The van der Waals surface area contributed by atoms with Crippen molar-refractivity contribution in [1.82, 2.24) is 5.06 Å². The Morgan fingerprint density at radius 2 is 2.17 bits per heavy atom. The molecule has 0 amide bonds. The zero-order valence-corrected chi connectivity index (χ0v) is 4.61. The van der Waals surface area contributed by atoms with Crippen LogP contribution in [-0.2, 0) is 9.19 Å². The van der Waals surface area contributed by atoms with Gasteiger partial charge < -0.3 is 0 Å². The van der Waals surface area contributed by atoms with Crippen LogP contribution in [0, 0.1) is 0 Å². The van der Waals surface area contributed by atoms with Crippen LogP contribution in [0.3, 0.4) is 0 Å². The van der Waals surface area contributed by atoms with Crippen molar-refractivity contribution < 1.29 is 9.19 Å². The summed E-state index contributed by atoms with van der Waals surface area (Å²) >= 11 is 0. The van der Waals surface area contributed by atoms with E-state index in [4.69, 9.17) is 0 Å². The maximum Gasteiger partial charge on any atom is 0.346 e. The molecule has 0 aliphatic rings. The number of hydrogen-bond donors (Lipinski definition) is 0. The molecule has 36 valence electrons. The van der Waals surface area contributed by atoms with Gasteiger partial charge in [0.1, 0.15) is 0 Å². The van der Waals surface area contributed by atoms with Gasteiger partial charge in [-0.1, -0.05) is 0 Å². The van der Waals surface area contributed by atoms with Crippen molar-refractivity contribution in [1.29, 1.82) is 0 Å². The lowest BCUT2D eigenvalue weighted by atomic mass is 11.2. The monoisotopic (exact) mass is 107 g/mol. The van der Waals surface area contributed by atoms with E-state index in [2.05, 4.69) is 4.62 Å². The molecule has 0 rings (SSSR count). The number of hydrogen-bond acceptors (Lipinski definition) is 3. The SMILES string of the molecule is CN(C)OP=O. The van der Waals surface area contributed by atoms with Gasteiger partial charge in [0, 0.05) is 14.1 Å². The van der Waals surface area contributed by atoms with Gasteiger partial charge in [-0.05, 0) is 0 Å². The summed E-state index contributed by atoms with van der Waals surface area (Å²) in [6.45, 7) is 0. The molecule has 0 aromatic rings. The molecule has 0 heterocycles. The summed E-state index contributed by atoms with van der Waals surface area (Å²) in [6.07, 6.45) is 0. The van der Waals surface area contributed by atoms with Gasteiger partial charge in [0.25, 0.3) is 0 Å². The van der Waals surface area contributed by atoms with Crippen LogP contribution in [0.2, 0.25) is 0 Å². The predicted molar refractivity (Wildman–Crippen MR) is 22.4 cm³/mol. The van der Waals surface area contributed by atoms with Crippen molar-refractivity contribution in [2.75, 3.05) is 14.1 Å². The van der Waals surface area contributed by atoms with Crippen molar-refractivity contribution in [2.45, 2.75) is 0 Å². The van der Waals surface area contributed by atoms with E-state index in [1.807, 2.05) is 0 Å². The first kappa shape index (κ1) is 6.02. The van der Waals surface area contributed by atoms with E-state index in [1.165, 1.54) is 5.06 Å². The number of rotatable bonds is 2. The molecule has 0 atom stereocenters. The lowest BCUT2D eigenvalue weighted by Crippen LogP contribution is -2.04. The van der Waals surface area contributed by atoms with Crippen LogP contribution < -0.4 is 0 Å². The fourth-order valence-corrected chi connectivity index (χ4v) is 0.200. The minimum Gasteiger partial charge on any atom is -0.239 e. The molecule has 0 aliphatic heterocycles. The van der Waals surface area contributed by atoms with E-state index < -0.39 is 0 Å². The third-order valence-electron chi connectivity index (χ3n) is 0.197. The maximum atomic E-state index is 9.45. The summed E-state index contributed by atoms with van der Waals surface area (Å²) in [5, 5.41) is 1.36. The van der Waals surface area contributed by atoms with Crippen LogP contribution >= 0.6 is 8.69 Å². The Bertz CT molecular complexity index is 46.8. The average molecular weight is 107 g/mol. The van der Waals surface area contributed by atoms with Crippen LogP contribution in [-0.4, -0.2) is 19.2 Å². The Kier molecular flexibility index (Phi) is 3.23. The highest BCUT2D eigenvalue weighted by Crippen LogP contribution is 1.93. The number of hydroxylamine groups is 2. The van der Waals surface area contributed by atoms with Gasteiger partial charge in [-0.2, -0.15) is 5.06 Å². The molecule has 6 heavy (non-hydrogen) atoms. The van der Waals surface area contributed by atoms with E-state index in [0.717, 1.165) is 0 Å². The van der Waals surface area contributed by atoms with Gasteiger partial charge in [0.05, 0.1) is 0 Å². The molecule has 0 saturated heterocycles. The summed E-state index contributed by atoms with van der Waals surface area (Å²) in [4.78, 5) is 0. The lowest BCUT2D eigenvalue weighted by Gasteiger charge is -1.97. The Morgan fingerprint density at radius 1 is 1.67 bits per heavy atom.